The number of halogens is 3. The van der Waals surface area contributed by atoms with Crippen LogP contribution in [0.4, 0.5) is 35.9 Å². The van der Waals surface area contributed by atoms with Crippen LogP contribution in [0.15, 0.2) is 60.7 Å². The van der Waals surface area contributed by atoms with Gasteiger partial charge in [-0.25, -0.2) is 0 Å². The first-order valence-electron chi connectivity index (χ1n) is 19.4. The molecule has 0 saturated carbocycles. The number of amides is 4. The summed E-state index contributed by atoms with van der Waals surface area (Å²) in [5, 5.41) is 17.7. The van der Waals surface area contributed by atoms with E-state index in [1.165, 1.54) is 6.07 Å². The number of hydrogen-bond donors (Lipinski definition) is 3. The van der Waals surface area contributed by atoms with Crippen LogP contribution in [0.3, 0.4) is 0 Å². The molecule has 59 heavy (non-hydrogen) atoms. The van der Waals surface area contributed by atoms with Gasteiger partial charge in [-0.2, -0.15) is 18.4 Å². The van der Waals surface area contributed by atoms with Gasteiger partial charge >= 0.3 is 6.18 Å². The van der Waals surface area contributed by atoms with Crippen molar-refractivity contribution in [2.75, 3.05) is 53.2 Å². The first kappa shape index (κ1) is 43.0. The highest BCUT2D eigenvalue weighted by molar-refractivity contribution is 7.81. The van der Waals surface area contributed by atoms with Crippen molar-refractivity contribution < 1.29 is 37.1 Å². The normalized spacial score (nSPS) is 21.3. The number of benzene rings is 3. The maximum Gasteiger partial charge on any atom is 0.417 e. The minimum Gasteiger partial charge on any atom is -0.492 e. The van der Waals surface area contributed by atoms with E-state index < -0.39 is 34.8 Å². The number of piperazine rings is 1. The van der Waals surface area contributed by atoms with Crippen LogP contribution in [-0.2, 0) is 31.8 Å². The van der Waals surface area contributed by atoms with Crippen molar-refractivity contribution in [3.63, 3.8) is 0 Å². The monoisotopic (exact) mass is 832 g/mol. The maximum absolute atomic E-state index is 13.8. The third-order valence-electron chi connectivity index (χ3n) is 10.9. The van der Waals surface area contributed by atoms with Crippen LogP contribution in [0.2, 0.25) is 0 Å². The predicted octanol–water partition coefficient (Wildman–Crippen LogP) is 5.69. The summed E-state index contributed by atoms with van der Waals surface area (Å²) in [5.41, 5.74) is -0.290. The molecule has 0 bridgehead atoms. The Balaban J connectivity index is 1.03. The predicted molar refractivity (Wildman–Crippen MR) is 221 cm³/mol. The Kier molecular flexibility index (Phi) is 12.6. The molecule has 0 spiro atoms. The van der Waals surface area contributed by atoms with Gasteiger partial charge in [0.05, 0.1) is 29.4 Å². The summed E-state index contributed by atoms with van der Waals surface area (Å²) in [6, 6.07) is 16.9. The number of piperidine rings is 1. The van der Waals surface area contributed by atoms with Crippen LogP contribution in [0, 0.1) is 11.3 Å². The number of anilines is 4. The van der Waals surface area contributed by atoms with Gasteiger partial charge in [0.1, 0.15) is 23.9 Å². The number of hydrogen-bond acceptors (Lipinski definition) is 10. The number of aryl methyl sites for hydroxylation is 1. The summed E-state index contributed by atoms with van der Waals surface area (Å²) in [5.74, 6) is -0.654. The summed E-state index contributed by atoms with van der Waals surface area (Å²) in [6.45, 7) is 12.1. The van der Waals surface area contributed by atoms with Gasteiger partial charge in [0.15, 0.2) is 5.11 Å². The minimum absolute atomic E-state index is 0.0157. The summed E-state index contributed by atoms with van der Waals surface area (Å²) in [7, 11) is 0. The van der Waals surface area contributed by atoms with Gasteiger partial charge in [-0.3, -0.25) is 39.2 Å². The molecule has 6 rings (SSSR count). The first-order valence-corrected chi connectivity index (χ1v) is 19.9. The fourth-order valence-electron chi connectivity index (χ4n) is 7.91. The summed E-state index contributed by atoms with van der Waals surface area (Å²) < 4.78 is 47.6. The molecule has 3 saturated heterocycles. The summed E-state index contributed by atoms with van der Waals surface area (Å²) >= 11 is 5.72. The lowest BCUT2D eigenvalue weighted by Crippen LogP contribution is -2.58. The number of carbonyl (C=O) groups is 4. The second kappa shape index (κ2) is 17.3. The maximum atomic E-state index is 13.8. The second-order valence-electron chi connectivity index (χ2n) is 15.6. The van der Waals surface area contributed by atoms with Crippen molar-refractivity contribution in [2.45, 2.75) is 83.7 Å². The molecule has 3 atom stereocenters. The van der Waals surface area contributed by atoms with Gasteiger partial charge in [-0.15, -0.1) is 0 Å². The van der Waals surface area contributed by atoms with E-state index in [2.05, 4.69) is 39.6 Å². The number of nitriles is 1. The average molecular weight is 833 g/mol. The third-order valence-corrected chi connectivity index (χ3v) is 11.3. The molecule has 3 N–H and O–H groups in total. The molecule has 0 radical (unpaired) electrons. The van der Waals surface area contributed by atoms with Crippen molar-refractivity contribution in [1.82, 2.24) is 15.1 Å². The molecular weight excluding hydrogens is 786 g/mol. The Labute approximate surface area is 346 Å². The van der Waals surface area contributed by atoms with Crippen LogP contribution < -0.4 is 30.5 Å². The Morgan fingerprint density at radius 2 is 1.71 bits per heavy atom. The van der Waals surface area contributed by atoms with Crippen LogP contribution in [0.5, 0.6) is 5.75 Å². The summed E-state index contributed by atoms with van der Waals surface area (Å²) in [6.07, 6.45) is -3.54. The molecule has 13 nitrogen and oxygen atoms in total. The van der Waals surface area contributed by atoms with Crippen LogP contribution in [0.1, 0.15) is 64.2 Å². The molecule has 0 aromatic heterocycles. The largest absolute Gasteiger partial charge is 0.492 e. The fourth-order valence-corrected chi connectivity index (χ4v) is 8.43. The van der Waals surface area contributed by atoms with Gasteiger partial charge in [0.2, 0.25) is 17.7 Å². The number of nitrogens with zero attached hydrogens (tertiary/aromatic N) is 5. The van der Waals surface area contributed by atoms with E-state index in [4.69, 9.17) is 17.0 Å². The van der Waals surface area contributed by atoms with E-state index in [0.29, 0.717) is 48.8 Å². The van der Waals surface area contributed by atoms with Crippen molar-refractivity contribution in [3.05, 3.63) is 77.4 Å². The molecule has 3 aromatic rings. The SMILES string of the molecule is CCc1cc(N2C(=S)N(c3ccc(C#N)c(C(F)(F)F)c3)C(=O)C2(C)C)ccc1OCCN1C[C@@H](C)N(CC(=O)Nc2cccc(NC3CCC(=O)NC3=O)c2)[C@@H](C)C1. The van der Waals surface area contributed by atoms with Gasteiger partial charge < -0.3 is 20.3 Å². The first-order chi connectivity index (χ1) is 27.9. The highest BCUT2D eigenvalue weighted by Crippen LogP contribution is 2.40. The van der Waals surface area contributed by atoms with E-state index in [1.54, 1.807) is 55.1 Å². The van der Waals surface area contributed by atoms with E-state index in [9.17, 15) is 37.6 Å². The number of rotatable bonds is 12. The van der Waals surface area contributed by atoms with Crippen LogP contribution in [-0.4, -0.2) is 95.0 Å². The van der Waals surface area contributed by atoms with Gasteiger partial charge in [0, 0.05) is 55.2 Å². The van der Waals surface area contributed by atoms with E-state index in [-0.39, 0.29) is 53.6 Å². The Bertz CT molecular complexity index is 2180. The zero-order valence-corrected chi connectivity index (χ0v) is 34.3. The van der Waals surface area contributed by atoms with Crippen molar-refractivity contribution in [1.29, 1.82) is 5.26 Å². The van der Waals surface area contributed by atoms with Crippen LogP contribution >= 0.6 is 12.2 Å². The fraction of sp³-hybridized carbons (Fsp3) is 0.429. The van der Waals surface area contributed by atoms with Crippen molar-refractivity contribution in [3.8, 4) is 11.8 Å². The Morgan fingerprint density at radius 1 is 1.02 bits per heavy atom. The minimum atomic E-state index is -4.80. The summed E-state index contributed by atoms with van der Waals surface area (Å²) in [4.78, 5) is 57.7. The average Bonchev–Trinajstić information content (AvgIpc) is 3.35. The number of nitrogens with one attached hydrogen (secondary N) is 3. The smallest absolute Gasteiger partial charge is 0.417 e. The topological polar surface area (TPSA) is 150 Å². The molecule has 3 heterocycles. The second-order valence-corrected chi connectivity index (χ2v) is 15.9. The highest BCUT2D eigenvalue weighted by atomic mass is 32.1. The lowest BCUT2D eigenvalue weighted by molar-refractivity contribution is -0.138. The van der Waals surface area contributed by atoms with Crippen LogP contribution in [0.25, 0.3) is 0 Å². The van der Waals surface area contributed by atoms with Crippen molar-refractivity contribution in [2.24, 2.45) is 0 Å². The zero-order chi connectivity index (χ0) is 42.8. The van der Waals surface area contributed by atoms with E-state index >= 15 is 0 Å². The molecule has 3 fully saturated rings. The Hall–Kier alpha value is -5.57. The zero-order valence-electron chi connectivity index (χ0n) is 33.5. The molecule has 3 aliphatic rings. The lowest BCUT2D eigenvalue weighted by atomic mass is 10.0. The molecule has 17 heteroatoms. The van der Waals surface area contributed by atoms with Gasteiger partial charge in [-0.1, -0.05) is 13.0 Å². The van der Waals surface area contributed by atoms with E-state index in [1.807, 2.05) is 19.1 Å². The lowest BCUT2D eigenvalue weighted by Gasteiger charge is -2.44. The molecule has 3 aromatic carbocycles. The Morgan fingerprint density at radius 3 is 2.37 bits per heavy atom. The highest BCUT2D eigenvalue weighted by Gasteiger charge is 2.51. The number of imide groups is 1. The molecule has 312 valence electrons. The van der Waals surface area contributed by atoms with Gasteiger partial charge in [0.25, 0.3) is 5.91 Å². The third kappa shape index (κ3) is 9.35. The number of carbonyl (C=O) groups excluding carboxylic acids is 4. The van der Waals surface area contributed by atoms with E-state index in [0.717, 1.165) is 35.7 Å². The molecule has 3 aliphatic heterocycles. The molecule has 1 unspecified atom stereocenters. The molecule has 0 aliphatic carbocycles. The van der Waals surface area contributed by atoms with Crippen molar-refractivity contribution >= 4 is 63.7 Å². The number of thiocarbonyl (C=S) groups is 1. The number of ether oxygens (including phenoxy) is 1. The quantitative estimate of drug-likeness (QED) is 0.153. The molecular formula is C42H47F3N8O5S. The molecule has 4 amide bonds. The van der Waals surface area contributed by atoms with Gasteiger partial charge in [-0.05, 0) is 113 Å². The standard InChI is InChI=1S/C42H47F3N8O5S/c1-6-27-18-32(53-40(59)52(39(57)41(53,4)5)31-11-10-28(21-46)33(20-31)42(43,44)45)12-14-35(27)58-17-16-50-22-25(2)51(26(3)23-50)24-37(55)48-30-9-7-8-29(19-30)47-34-13-15-36(54)49-38(34)56/h7-12,14,18-20,25-26,34,47H,6,13,15-17,22-24H2,1-5H3,(H,48,55)(H,49,54,56)/t25-,26+,34?. The number of alkyl halides is 3.